The SMILES string of the molecule is COc1ccccc1.Cc1cccc(Oc2ccccc2)c1. The molecule has 0 aliphatic rings. The quantitative estimate of drug-likeness (QED) is 0.636. The van der Waals surface area contributed by atoms with E-state index in [4.69, 9.17) is 9.47 Å². The molecule has 0 saturated heterocycles. The molecule has 0 spiro atoms. The summed E-state index contributed by atoms with van der Waals surface area (Å²) < 4.78 is 10.6. The molecule has 0 saturated carbocycles. The Morgan fingerprint density at radius 2 is 1.14 bits per heavy atom. The number of aryl methyl sites for hydroxylation is 1. The maximum atomic E-state index is 5.66. The van der Waals surface area contributed by atoms with E-state index >= 15 is 0 Å². The molecule has 22 heavy (non-hydrogen) atoms. The summed E-state index contributed by atoms with van der Waals surface area (Å²) in [7, 11) is 1.66. The van der Waals surface area contributed by atoms with Gasteiger partial charge in [0.25, 0.3) is 0 Å². The lowest BCUT2D eigenvalue weighted by Gasteiger charge is -2.05. The highest BCUT2D eigenvalue weighted by Crippen LogP contribution is 2.21. The Morgan fingerprint density at radius 1 is 0.591 bits per heavy atom. The van der Waals surface area contributed by atoms with Gasteiger partial charge in [-0.1, -0.05) is 48.5 Å². The molecule has 0 aliphatic heterocycles. The molecule has 0 unspecified atom stereocenters. The molecule has 0 aromatic heterocycles. The van der Waals surface area contributed by atoms with Gasteiger partial charge in [-0.15, -0.1) is 0 Å². The molecule has 2 nitrogen and oxygen atoms in total. The summed E-state index contributed by atoms with van der Waals surface area (Å²) in [5.41, 5.74) is 1.21. The van der Waals surface area contributed by atoms with Crippen LogP contribution in [0.25, 0.3) is 0 Å². The molecule has 3 rings (SSSR count). The molecule has 3 aromatic carbocycles. The van der Waals surface area contributed by atoms with Gasteiger partial charge >= 0.3 is 0 Å². The Kier molecular flexibility index (Phi) is 6.06. The molecule has 0 bridgehead atoms. The molecular formula is C20H20O2. The lowest BCUT2D eigenvalue weighted by Crippen LogP contribution is -1.83. The standard InChI is InChI=1S/C13H12O.C7H8O/c1-11-6-5-9-13(10-11)14-12-7-3-2-4-8-12;1-8-7-5-3-2-4-6-7/h2-10H,1H3;2-6H,1H3. The van der Waals surface area contributed by atoms with Crippen molar-refractivity contribution >= 4 is 0 Å². The molecule has 0 heterocycles. The van der Waals surface area contributed by atoms with Crippen molar-refractivity contribution in [2.75, 3.05) is 7.11 Å². The van der Waals surface area contributed by atoms with Crippen LogP contribution in [0.3, 0.4) is 0 Å². The van der Waals surface area contributed by atoms with Crippen LogP contribution in [0.1, 0.15) is 5.56 Å². The fraction of sp³-hybridized carbons (Fsp3) is 0.100. The summed E-state index contributed by atoms with van der Waals surface area (Å²) in [6.45, 7) is 2.05. The fourth-order valence-electron chi connectivity index (χ4n) is 1.86. The first-order valence-corrected chi connectivity index (χ1v) is 7.16. The van der Waals surface area contributed by atoms with E-state index in [2.05, 4.69) is 13.0 Å². The highest BCUT2D eigenvalue weighted by atomic mass is 16.5. The van der Waals surface area contributed by atoms with E-state index < -0.39 is 0 Å². The molecule has 0 fully saturated rings. The van der Waals surface area contributed by atoms with E-state index in [1.165, 1.54) is 5.56 Å². The van der Waals surface area contributed by atoms with Gasteiger partial charge in [-0.25, -0.2) is 0 Å². The maximum Gasteiger partial charge on any atom is 0.127 e. The summed E-state index contributed by atoms with van der Waals surface area (Å²) in [6, 6.07) is 27.5. The van der Waals surface area contributed by atoms with Crippen LogP contribution in [-0.4, -0.2) is 7.11 Å². The Morgan fingerprint density at radius 3 is 1.64 bits per heavy atom. The van der Waals surface area contributed by atoms with Gasteiger partial charge in [0.1, 0.15) is 17.2 Å². The second-order valence-corrected chi connectivity index (χ2v) is 4.75. The minimum atomic E-state index is 0.873. The molecule has 0 atom stereocenters. The van der Waals surface area contributed by atoms with Crippen molar-refractivity contribution in [2.45, 2.75) is 6.92 Å². The van der Waals surface area contributed by atoms with Crippen molar-refractivity contribution in [2.24, 2.45) is 0 Å². The molecule has 2 heteroatoms. The first-order chi connectivity index (χ1) is 10.8. The zero-order valence-corrected chi connectivity index (χ0v) is 12.9. The summed E-state index contributed by atoms with van der Waals surface area (Å²) in [5.74, 6) is 2.67. The van der Waals surface area contributed by atoms with Gasteiger partial charge in [-0.3, -0.25) is 0 Å². The molecule has 0 amide bonds. The largest absolute Gasteiger partial charge is 0.497 e. The average Bonchev–Trinajstić information content (AvgIpc) is 2.57. The zero-order chi connectivity index (χ0) is 15.6. The van der Waals surface area contributed by atoms with Crippen LogP contribution in [0, 0.1) is 6.92 Å². The van der Waals surface area contributed by atoms with E-state index in [1.54, 1.807) is 7.11 Å². The van der Waals surface area contributed by atoms with E-state index in [-0.39, 0.29) is 0 Å². The van der Waals surface area contributed by atoms with E-state index in [1.807, 2.05) is 78.9 Å². The van der Waals surface area contributed by atoms with Crippen molar-refractivity contribution in [3.05, 3.63) is 90.5 Å². The molecular weight excluding hydrogens is 272 g/mol. The second-order valence-electron chi connectivity index (χ2n) is 4.75. The monoisotopic (exact) mass is 292 g/mol. The smallest absolute Gasteiger partial charge is 0.127 e. The highest BCUT2D eigenvalue weighted by Gasteiger charge is 1.95. The lowest BCUT2D eigenvalue weighted by molar-refractivity contribution is 0.415. The number of rotatable bonds is 3. The van der Waals surface area contributed by atoms with Gasteiger partial charge in [0.05, 0.1) is 7.11 Å². The summed E-state index contributed by atoms with van der Waals surface area (Å²) in [4.78, 5) is 0. The minimum absolute atomic E-state index is 0.873. The number of ether oxygens (including phenoxy) is 2. The van der Waals surface area contributed by atoms with Crippen molar-refractivity contribution in [1.82, 2.24) is 0 Å². The Balaban J connectivity index is 0.000000188. The van der Waals surface area contributed by atoms with E-state index in [0.29, 0.717) is 0 Å². The van der Waals surface area contributed by atoms with Crippen LogP contribution < -0.4 is 9.47 Å². The Bertz CT molecular complexity index is 664. The highest BCUT2D eigenvalue weighted by molar-refractivity contribution is 5.33. The van der Waals surface area contributed by atoms with Crippen molar-refractivity contribution in [3.8, 4) is 17.2 Å². The number of hydrogen-bond acceptors (Lipinski definition) is 2. The van der Waals surface area contributed by atoms with Crippen LogP contribution in [-0.2, 0) is 0 Å². The first kappa shape index (κ1) is 15.6. The van der Waals surface area contributed by atoms with Gasteiger partial charge in [0.15, 0.2) is 0 Å². The van der Waals surface area contributed by atoms with Gasteiger partial charge in [-0.05, 0) is 48.9 Å². The number of hydrogen-bond donors (Lipinski definition) is 0. The van der Waals surface area contributed by atoms with Crippen LogP contribution in [0.15, 0.2) is 84.9 Å². The number of methoxy groups -OCH3 is 1. The average molecular weight is 292 g/mol. The van der Waals surface area contributed by atoms with Gasteiger partial charge in [0.2, 0.25) is 0 Å². The van der Waals surface area contributed by atoms with Crippen LogP contribution in [0.5, 0.6) is 17.2 Å². The maximum absolute atomic E-state index is 5.66. The summed E-state index contributed by atoms with van der Waals surface area (Å²) in [6.07, 6.45) is 0. The number of benzene rings is 3. The molecule has 0 N–H and O–H groups in total. The molecule has 112 valence electrons. The third-order valence-electron chi connectivity index (χ3n) is 2.95. The zero-order valence-electron chi connectivity index (χ0n) is 12.9. The van der Waals surface area contributed by atoms with Crippen LogP contribution >= 0.6 is 0 Å². The summed E-state index contributed by atoms with van der Waals surface area (Å²) in [5, 5.41) is 0. The van der Waals surface area contributed by atoms with Gasteiger partial charge < -0.3 is 9.47 Å². The van der Waals surface area contributed by atoms with Gasteiger partial charge in [0, 0.05) is 0 Å². The van der Waals surface area contributed by atoms with Gasteiger partial charge in [-0.2, -0.15) is 0 Å². The minimum Gasteiger partial charge on any atom is -0.497 e. The second kappa shape index (κ2) is 8.53. The third-order valence-corrected chi connectivity index (χ3v) is 2.95. The fourth-order valence-corrected chi connectivity index (χ4v) is 1.86. The van der Waals surface area contributed by atoms with E-state index in [9.17, 15) is 0 Å². The number of para-hydroxylation sites is 2. The van der Waals surface area contributed by atoms with Crippen molar-refractivity contribution in [3.63, 3.8) is 0 Å². The van der Waals surface area contributed by atoms with Crippen molar-refractivity contribution < 1.29 is 9.47 Å². The Labute approximate surface area is 132 Å². The van der Waals surface area contributed by atoms with Crippen molar-refractivity contribution in [1.29, 1.82) is 0 Å². The predicted molar refractivity (Wildman–Crippen MR) is 90.7 cm³/mol. The topological polar surface area (TPSA) is 18.5 Å². The molecule has 0 aliphatic carbocycles. The van der Waals surface area contributed by atoms with E-state index in [0.717, 1.165) is 17.2 Å². The normalized spacial score (nSPS) is 9.36. The third kappa shape index (κ3) is 5.33. The Hall–Kier alpha value is -2.74. The lowest BCUT2D eigenvalue weighted by atomic mass is 10.2. The molecule has 0 radical (unpaired) electrons. The molecule has 3 aromatic rings. The predicted octanol–water partition coefficient (Wildman–Crippen LogP) is 5.48. The van der Waals surface area contributed by atoms with Crippen LogP contribution in [0.4, 0.5) is 0 Å². The first-order valence-electron chi connectivity index (χ1n) is 7.16. The summed E-state index contributed by atoms with van der Waals surface area (Å²) >= 11 is 0. The van der Waals surface area contributed by atoms with Crippen LogP contribution in [0.2, 0.25) is 0 Å².